The lowest BCUT2D eigenvalue weighted by molar-refractivity contribution is -0.141. The standard InChI is InChI=1S/C34H32N2O4/c1-36-32(30-19-11-17-28(23-30)26-14-6-3-7-15-26)34(38)40-21-9-8-20-39-33(37)31(24-35)29-18-10-16-27(22-29)25-12-4-2-5-13-25/h2-7,12-15,22-23H,8-11,16-21H2/b31-29+,32-30-. The van der Waals surface area contributed by atoms with Crippen molar-refractivity contribution in [2.24, 2.45) is 0 Å². The van der Waals surface area contributed by atoms with Crippen LogP contribution in [0, 0.1) is 17.9 Å². The van der Waals surface area contributed by atoms with E-state index in [1.54, 1.807) is 0 Å². The Bertz CT molecular complexity index is 1320. The van der Waals surface area contributed by atoms with Gasteiger partial charge in [-0.05, 0) is 84.8 Å². The first kappa shape index (κ1) is 28.3. The summed E-state index contributed by atoms with van der Waals surface area (Å²) in [5.41, 5.74) is 5.90. The number of esters is 2. The van der Waals surface area contributed by atoms with Gasteiger partial charge in [0.2, 0.25) is 0 Å². The van der Waals surface area contributed by atoms with Crippen molar-refractivity contribution in [3.63, 3.8) is 0 Å². The summed E-state index contributed by atoms with van der Waals surface area (Å²) in [7, 11) is 0. The average molecular weight is 533 g/mol. The molecular weight excluding hydrogens is 500 g/mol. The summed E-state index contributed by atoms with van der Waals surface area (Å²) in [4.78, 5) is 28.7. The Labute approximate surface area is 235 Å². The fourth-order valence-corrected chi connectivity index (χ4v) is 4.96. The molecule has 2 aromatic rings. The Balaban J connectivity index is 1.27. The second kappa shape index (κ2) is 14.5. The highest BCUT2D eigenvalue weighted by molar-refractivity contribution is 5.95. The lowest BCUT2D eigenvalue weighted by Crippen LogP contribution is -2.13. The molecule has 0 N–H and O–H groups in total. The molecule has 6 heteroatoms. The van der Waals surface area contributed by atoms with Gasteiger partial charge in [-0.2, -0.15) is 5.26 Å². The number of benzene rings is 2. The van der Waals surface area contributed by atoms with E-state index < -0.39 is 11.9 Å². The lowest BCUT2D eigenvalue weighted by Gasteiger charge is -2.17. The molecule has 0 amide bonds. The Kier molecular flexibility index (Phi) is 10.2. The third kappa shape index (κ3) is 7.46. The fourth-order valence-electron chi connectivity index (χ4n) is 4.96. The van der Waals surface area contributed by atoms with Gasteiger partial charge in [-0.15, -0.1) is 0 Å². The van der Waals surface area contributed by atoms with Crippen LogP contribution in [0.15, 0.2) is 95.2 Å². The molecule has 202 valence electrons. The number of ether oxygens (including phenoxy) is 2. The van der Waals surface area contributed by atoms with Crippen LogP contribution in [0.4, 0.5) is 0 Å². The van der Waals surface area contributed by atoms with Gasteiger partial charge in [0.15, 0.2) is 0 Å². The summed E-state index contributed by atoms with van der Waals surface area (Å²) >= 11 is 0. The lowest BCUT2D eigenvalue weighted by atomic mass is 9.88. The number of hydrogen-bond acceptors (Lipinski definition) is 5. The van der Waals surface area contributed by atoms with Crippen molar-refractivity contribution >= 4 is 23.1 Å². The third-order valence-electron chi connectivity index (χ3n) is 7.02. The number of carbonyl (C=O) groups is 2. The van der Waals surface area contributed by atoms with Gasteiger partial charge in [0.25, 0.3) is 5.70 Å². The second-order valence-electron chi connectivity index (χ2n) is 9.75. The molecule has 0 saturated carbocycles. The predicted octanol–water partition coefficient (Wildman–Crippen LogP) is 7.38. The van der Waals surface area contributed by atoms with Gasteiger partial charge in [0.05, 0.1) is 19.8 Å². The summed E-state index contributed by atoms with van der Waals surface area (Å²) in [6.45, 7) is 7.77. The van der Waals surface area contributed by atoms with Gasteiger partial charge in [-0.1, -0.05) is 72.8 Å². The molecule has 0 unspecified atom stereocenters. The fraction of sp³-hybridized carbons (Fsp3) is 0.294. The molecule has 0 bridgehead atoms. The van der Waals surface area contributed by atoms with E-state index in [1.165, 1.54) is 0 Å². The van der Waals surface area contributed by atoms with Gasteiger partial charge in [-0.3, -0.25) is 4.79 Å². The molecule has 0 aromatic heterocycles. The summed E-state index contributed by atoms with van der Waals surface area (Å²) in [5, 5.41) is 9.64. The molecule has 6 nitrogen and oxygen atoms in total. The average Bonchev–Trinajstić information content (AvgIpc) is 3.01. The zero-order chi connectivity index (χ0) is 28.2. The van der Waals surface area contributed by atoms with E-state index >= 15 is 0 Å². The maximum atomic E-state index is 12.6. The highest BCUT2D eigenvalue weighted by Gasteiger charge is 2.21. The molecule has 0 aliphatic heterocycles. The predicted molar refractivity (Wildman–Crippen MR) is 154 cm³/mol. The van der Waals surface area contributed by atoms with Crippen molar-refractivity contribution in [1.29, 1.82) is 5.26 Å². The van der Waals surface area contributed by atoms with Gasteiger partial charge in [0, 0.05) is 0 Å². The maximum absolute atomic E-state index is 12.6. The minimum atomic E-state index is -0.626. The van der Waals surface area contributed by atoms with E-state index in [0.717, 1.165) is 48.0 Å². The highest BCUT2D eigenvalue weighted by atomic mass is 16.5. The summed E-state index contributed by atoms with van der Waals surface area (Å²) in [6.07, 6.45) is 9.69. The summed E-state index contributed by atoms with van der Waals surface area (Å²) in [5.74, 6) is -1.25. The first-order chi connectivity index (χ1) is 19.6. The number of allylic oxidation sites excluding steroid dienone is 6. The number of rotatable bonds is 9. The van der Waals surface area contributed by atoms with Crippen LogP contribution >= 0.6 is 0 Å². The number of carbonyl (C=O) groups excluding carboxylic acids is 2. The largest absolute Gasteiger partial charge is 0.471 e. The molecular formula is C34H32N2O4. The van der Waals surface area contributed by atoms with Crippen LogP contribution in [0.2, 0.25) is 0 Å². The Morgan fingerprint density at radius 3 is 1.77 bits per heavy atom. The number of hydrogen-bond donors (Lipinski definition) is 0. The van der Waals surface area contributed by atoms with Gasteiger partial charge < -0.3 is 9.47 Å². The molecule has 0 spiro atoms. The van der Waals surface area contributed by atoms with Crippen molar-refractivity contribution in [2.45, 2.75) is 51.4 Å². The minimum Gasteiger partial charge on any atom is -0.471 e. The van der Waals surface area contributed by atoms with Crippen molar-refractivity contribution in [3.8, 4) is 6.07 Å². The van der Waals surface area contributed by atoms with Crippen LogP contribution in [0.25, 0.3) is 16.0 Å². The van der Waals surface area contributed by atoms with Crippen molar-refractivity contribution in [2.75, 3.05) is 13.2 Å². The Morgan fingerprint density at radius 1 is 0.750 bits per heavy atom. The normalized spacial score (nSPS) is 17.4. The Morgan fingerprint density at radius 2 is 1.25 bits per heavy atom. The number of unbranched alkanes of at least 4 members (excludes halogenated alkanes) is 1. The van der Waals surface area contributed by atoms with E-state index in [-0.39, 0.29) is 24.5 Å². The molecule has 0 radical (unpaired) electrons. The monoisotopic (exact) mass is 532 g/mol. The van der Waals surface area contributed by atoms with Crippen LogP contribution in [-0.2, 0) is 19.1 Å². The topological polar surface area (TPSA) is 80.8 Å². The quantitative estimate of drug-likeness (QED) is 0.111. The van der Waals surface area contributed by atoms with Crippen LogP contribution in [-0.4, -0.2) is 25.2 Å². The SMILES string of the molecule is [C-]#[N+]/C(C(=O)OCCCCOC(=O)/C(C#N)=C1/C=C(c2ccccc2)CCC1)=C1\C=C(c2ccccc2)CCC1. The van der Waals surface area contributed by atoms with E-state index in [9.17, 15) is 14.9 Å². The van der Waals surface area contributed by atoms with Gasteiger partial charge in [0.1, 0.15) is 11.6 Å². The summed E-state index contributed by atoms with van der Waals surface area (Å²) in [6, 6.07) is 21.9. The smallest absolute Gasteiger partial charge is 0.349 e. The van der Waals surface area contributed by atoms with E-state index in [4.69, 9.17) is 16.0 Å². The van der Waals surface area contributed by atoms with E-state index in [0.29, 0.717) is 36.8 Å². The van der Waals surface area contributed by atoms with Crippen molar-refractivity contribution in [3.05, 3.63) is 118 Å². The van der Waals surface area contributed by atoms with Gasteiger partial charge in [-0.25, -0.2) is 9.64 Å². The first-order valence-corrected chi connectivity index (χ1v) is 13.7. The number of nitriles is 1. The van der Waals surface area contributed by atoms with Crippen molar-refractivity contribution in [1.82, 2.24) is 0 Å². The molecule has 4 rings (SSSR count). The maximum Gasteiger partial charge on any atom is 0.349 e. The molecule has 0 saturated heterocycles. The molecule has 2 aliphatic rings. The third-order valence-corrected chi connectivity index (χ3v) is 7.02. The van der Waals surface area contributed by atoms with E-state index in [1.807, 2.05) is 78.9 Å². The van der Waals surface area contributed by atoms with Crippen LogP contribution in [0.5, 0.6) is 0 Å². The zero-order valence-electron chi connectivity index (χ0n) is 22.5. The zero-order valence-corrected chi connectivity index (χ0v) is 22.5. The van der Waals surface area contributed by atoms with Crippen LogP contribution in [0.1, 0.15) is 62.5 Å². The molecule has 2 aromatic carbocycles. The second-order valence-corrected chi connectivity index (χ2v) is 9.75. The Hall–Kier alpha value is -4.68. The molecule has 0 fully saturated rings. The van der Waals surface area contributed by atoms with Crippen molar-refractivity contribution < 1.29 is 19.1 Å². The molecule has 0 atom stereocenters. The molecule has 0 heterocycles. The first-order valence-electron chi connectivity index (χ1n) is 13.7. The minimum absolute atomic E-state index is 0.0280. The summed E-state index contributed by atoms with van der Waals surface area (Å²) < 4.78 is 10.7. The van der Waals surface area contributed by atoms with E-state index in [2.05, 4.69) is 4.85 Å². The highest BCUT2D eigenvalue weighted by Crippen LogP contribution is 2.32. The number of nitrogens with zero attached hydrogens (tertiary/aromatic N) is 2. The molecule has 40 heavy (non-hydrogen) atoms. The van der Waals surface area contributed by atoms with Crippen LogP contribution in [0.3, 0.4) is 0 Å². The molecule has 2 aliphatic carbocycles. The van der Waals surface area contributed by atoms with Gasteiger partial charge >= 0.3 is 11.9 Å². The van der Waals surface area contributed by atoms with Crippen LogP contribution < -0.4 is 0 Å².